The minimum absolute atomic E-state index is 0.248. The van der Waals surface area contributed by atoms with Gasteiger partial charge in [-0.05, 0) is 39.4 Å². The lowest BCUT2D eigenvalue weighted by atomic mass is 10.2. The molecule has 5 nitrogen and oxygen atoms in total. The van der Waals surface area contributed by atoms with E-state index in [2.05, 4.69) is 10.3 Å². The molecule has 0 aliphatic carbocycles. The summed E-state index contributed by atoms with van der Waals surface area (Å²) in [6.07, 6.45) is 2.34. The minimum atomic E-state index is -0.445. The molecule has 2 heterocycles. The summed E-state index contributed by atoms with van der Waals surface area (Å²) in [5, 5.41) is 4.08. The average molecular weight is 299 g/mol. The van der Waals surface area contributed by atoms with Gasteiger partial charge in [-0.1, -0.05) is 0 Å². The molecule has 2 aliphatic rings. The molecule has 0 radical (unpaired) electrons. The molecule has 0 spiro atoms. The summed E-state index contributed by atoms with van der Waals surface area (Å²) in [6.45, 7) is 8.44. The predicted molar refractivity (Wildman–Crippen MR) is 83.6 cm³/mol. The van der Waals surface area contributed by atoms with Gasteiger partial charge in [0.05, 0.1) is 13.1 Å². The Morgan fingerprint density at radius 1 is 1.55 bits per heavy atom. The van der Waals surface area contributed by atoms with Crippen LogP contribution < -0.4 is 5.32 Å². The highest BCUT2D eigenvalue weighted by molar-refractivity contribution is 8.00. The third-order valence-electron chi connectivity index (χ3n) is 3.22. The van der Waals surface area contributed by atoms with E-state index in [1.54, 1.807) is 4.90 Å². The largest absolute Gasteiger partial charge is 0.444 e. The molecule has 1 amide bonds. The number of aliphatic imine (C=N–C) groups is 1. The van der Waals surface area contributed by atoms with Gasteiger partial charge in [0, 0.05) is 18.3 Å². The predicted octanol–water partition coefficient (Wildman–Crippen LogP) is 2.12. The topological polar surface area (TPSA) is 53.9 Å². The minimum Gasteiger partial charge on any atom is -0.444 e. The molecule has 2 aliphatic heterocycles. The maximum Gasteiger partial charge on any atom is 0.410 e. The summed E-state index contributed by atoms with van der Waals surface area (Å²) in [7, 11) is 0. The highest BCUT2D eigenvalue weighted by Crippen LogP contribution is 2.25. The second-order valence-electron chi connectivity index (χ2n) is 6.25. The zero-order chi connectivity index (χ0) is 14.6. The van der Waals surface area contributed by atoms with E-state index in [1.807, 2.05) is 32.5 Å². The fourth-order valence-corrected chi connectivity index (χ4v) is 3.45. The van der Waals surface area contributed by atoms with Crippen molar-refractivity contribution in [3.05, 3.63) is 0 Å². The number of nitrogens with zero attached hydrogens (tertiary/aromatic N) is 2. The van der Waals surface area contributed by atoms with Crippen molar-refractivity contribution in [3.63, 3.8) is 0 Å². The van der Waals surface area contributed by atoms with Crippen molar-refractivity contribution >= 4 is 23.7 Å². The highest BCUT2D eigenvalue weighted by Gasteiger charge is 2.25. The van der Waals surface area contributed by atoms with E-state index in [-0.39, 0.29) is 6.09 Å². The Bertz CT molecular complexity index is 373. The van der Waals surface area contributed by atoms with Crippen LogP contribution in [0.2, 0.25) is 0 Å². The van der Waals surface area contributed by atoms with Gasteiger partial charge < -0.3 is 10.1 Å². The molecular formula is C14H25N3O2S. The van der Waals surface area contributed by atoms with E-state index >= 15 is 0 Å². The van der Waals surface area contributed by atoms with Crippen molar-refractivity contribution in [3.8, 4) is 0 Å². The van der Waals surface area contributed by atoms with Gasteiger partial charge in [-0.2, -0.15) is 11.8 Å². The van der Waals surface area contributed by atoms with Crippen LogP contribution in [0.1, 0.15) is 33.6 Å². The molecule has 114 valence electrons. The Balaban J connectivity index is 1.78. The lowest BCUT2D eigenvalue weighted by molar-refractivity contribution is 0.0276. The fourth-order valence-electron chi connectivity index (χ4n) is 2.25. The molecule has 2 rings (SSSR count). The van der Waals surface area contributed by atoms with Crippen molar-refractivity contribution in [1.82, 2.24) is 10.2 Å². The maximum atomic E-state index is 12.0. The molecular weight excluding hydrogens is 274 g/mol. The van der Waals surface area contributed by atoms with Crippen LogP contribution in [0.5, 0.6) is 0 Å². The number of carbonyl (C=O) groups excluding carboxylic acids is 1. The molecule has 1 N–H and O–H groups in total. The Morgan fingerprint density at radius 3 is 3.00 bits per heavy atom. The molecule has 1 fully saturated rings. The van der Waals surface area contributed by atoms with Crippen LogP contribution in [0, 0.1) is 0 Å². The first-order valence-electron chi connectivity index (χ1n) is 7.31. The zero-order valence-corrected chi connectivity index (χ0v) is 13.5. The van der Waals surface area contributed by atoms with Gasteiger partial charge in [0.15, 0.2) is 0 Å². The van der Waals surface area contributed by atoms with Crippen molar-refractivity contribution in [2.24, 2.45) is 4.99 Å². The van der Waals surface area contributed by atoms with E-state index in [0.29, 0.717) is 24.9 Å². The SMILES string of the molecule is CC(C)(C)OC(=O)N1CCN=C(NCC2CCCS2)C1. The molecule has 1 saturated heterocycles. The first-order valence-corrected chi connectivity index (χ1v) is 8.36. The number of hydrogen-bond donors (Lipinski definition) is 1. The molecule has 0 aromatic carbocycles. The number of carbonyl (C=O) groups is 1. The fraction of sp³-hybridized carbons (Fsp3) is 0.857. The number of amidine groups is 1. The summed E-state index contributed by atoms with van der Waals surface area (Å²) < 4.78 is 5.40. The molecule has 0 aromatic rings. The van der Waals surface area contributed by atoms with E-state index in [4.69, 9.17) is 4.74 Å². The number of ether oxygens (including phenoxy) is 1. The van der Waals surface area contributed by atoms with E-state index in [9.17, 15) is 4.79 Å². The Morgan fingerprint density at radius 2 is 2.35 bits per heavy atom. The zero-order valence-electron chi connectivity index (χ0n) is 12.6. The normalized spacial score (nSPS) is 23.4. The van der Waals surface area contributed by atoms with Crippen LogP contribution in [0.3, 0.4) is 0 Å². The van der Waals surface area contributed by atoms with Crippen molar-refractivity contribution in [2.45, 2.75) is 44.5 Å². The third kappa shape index (κ3) is 4.89. The first kappa shape index (κ1) is 15.5. The first-order chi connectivity index (χ1) is 9.44. The lowest BCUT2D eigenvalue weighted by Gasteiger charge is -2.30. The van der Waals surface area contributed by atoms with Gasteiger partial charge >= 0.3 is 6.09 Å². The standard InChI is InChI=1S/C14H25N3O2S/c1-14(2,3)19-13(18)17-7-6-15-12(10-17)16-9-11-5-4-8-20-11/h11H,4-10H2,1-3H3,(H,15,16). The average Bonchev–Trinajstić information content (AvgIpc) is 2.88. The van der Waals surface area contributed by atoms with Gasteiger partial charge in [0.1, 0.15) is 11.4 Å². The van der Waals surface area contributed by atoms with Crippen LogP contribution >= 0.6 is 11.8 Å². The summed E-state index contributed by atoms with van der Waals surface area (Å²) in [6, 6.07) is 0. The van der Waals surface area contributed by atoms with Gasteiger partial charge in [-0.15, -0.1) is 0 Å². The number of rotatable bonds is 2. The van der Waals surface area contributed by atoms with Crippen molar-refractivity contribution in [1.29, 1.82) is 0 Å². The molecule has 20 heavy (non-hydrogen) atoms. The van der Waals surface area contributed by atoms with Crippen LogP contribution in [-0.2, 0) is 4.74 Å². The van der Waals surface area contributed by atoms with Crippen LogP contribution in [0.25, 0.3) is 0 Å². The number of thioether (sulfide) groups is 1. The third-order valence-corrected chi connectivity index (χ3v) is 4.62. The van der Waals surface area contributed by atoms with Crippen molar-refractivity contribution < 1.29 is 9.53 Å². The second-order valence-corrected chi connectivity index (χ2v) is 7.65. The quantitative estimate of drug-likeness (QED) is 0.848. The van der Waals surface area contributed by atoms with E-state index in [1.165, 1.54) is 18.6 Å². The molecule has 1 atom stereocenters. The second kappa shape index (κ2) is 6.70. The lowest BCUT2D eigenvalue weighted by Crippen LogP contribution is -2.48. The highest BCUT2D eigenvalue weighted by atomic mass is 32.2. The molecule has 1 unspecified atom stereocenters. The summed E-state index contributed by atoms with van der Waals surface area (Å²) in [4.78, 5) is 18.2. The van der Waals surface area contributed by atoms with Crippen LogP contribution in [0.4, 0.5) is 4.79 Å². The van der Waals surface area contributed by atoms with Gasteiger partial charge in [0.2, 0.25) is 0 Å². The number of hydrogen-bond acceptors (Lipinski definition) is 5. The molecule has 0 bridgehead atoms. The van der Waals surface area contributed by atoms with Gasteiger partial charge in [-0.3, -0.25) is 9.89 Å². The molecule has 0 aromatic heterocycles. The maximum absolute atomic E-state index is 12.0. The summed E-state index contributed by atoms with van der Waals surface area (Å²) >= 11 is 2.02. The monoisotopic (exact) mass is 299 g/mol. The Hall–Kier alpha value is -0.910. The van der Waals surface area contributed by atoms with Gasteiger partial charge in [-0.25, -0.2) is 4.79 Å². The van der Waals surface area contributed by atoms with Gasteiger partial charge in [0.25, 0.3) is 0 Å². The van der Waals surface area contributed by atoms with Crippen LogP contribution in [-0.4, -0.2) is 59.6 Å². The smallest absolute Gasteiger partial charge is 0.410 e. The summed E-state index contributed by atoms with van der Waals surface area (Å²) in [5.74, 6) is 2.18. The van der Waals surface area contributed by atoms with E-state index in [0.717, 1.165) is 12.4 Å². The number of amides is 1. The molecule has 0 saturated carbocycles. The number of nitrogens with one attached hydrogen (secondary N) is 1. The van der Waals surface area contributed by atoms with E-state index < -0.39 is 5.60 Å². The summed E-state index contributed by atoms with van der Waals surface area (Å²) in [5.41, 5.74) is -0.445. The Labute approximate surface area is 125 Å². The van der Waals surface area contributed by atoms with Crippen LogP contribution in [0.15, 0.2) is 4.99 Å². The van der Waals surface area contributed by atoms with Crippen molar-refractivity contribution in [2.75, 3.05) is 31.9 Å². The molecule has 6 heteroatoms. The Kier molecular flexibility index (Phi) is 5.18.